The van der Waals surface area contributed by atoms with E-state index in [-0.39, 0.29) is 29.4 Å². The van der Waals surface area contributed by atoms with Crippen molar-refractivity contribution in [1.82, 2.24) is 10.6 Å². The standard InChI is InChI=1S/C22H32N4OS.HI/c1-22(2,20-10-7-13-28-20)16-25-21(23-3)24-14-17-11-12-26(15-17)18-8-5-6-9-19(18)27-4;/h5-10,13,17H,11-12,14-16H2,1-4H3,(H2,23,24,25);1H. The first-order valence-electron chi connectivity index (χ1n) is 9.90. The highest BCUT2D eigenvalue weighted by Crippen LogP contribution is 2.31. The van der Waals surface area contributed by atoms with E-state index in [2.05, 4.69) is 64.0 Å². The molecule has 7 heteroatoms. The third-order valence-corrected chi connectivity index (χ3v) is 6.62. The number of nitrogens with one attached hydrogen (secondary N) is 2. The molecule has 0 bridgehead atoms. The number of hydrogen-bond donors (Lipinski definition) is 2. The van der Waals surface area contributed by atoms with Gasteiger partial charge in [0.2, 0.25) is 0 Å². The summed E-state index contributed by atoms with van der Waals surface area (Å²) in [5.41, 5.74) is 1.27. The van der Waals surface area contributed by atoms with E-state index in [1.807, 2.05) is 30.5 Å². The largest absolute Gasteiger partial charge is 0.495 e. The number of hydrogen-bond acceptors (Lipinski definition) is 4. The minimum absolute atomic E-state index is 0. The lowest BCUT2D eigenvalue weighted by atomic mass is 9.91. The van der Waals surface area contributed by atoms with E-state index in [9.17, 15) is 0 Å². The van der Waals surface area contributed by atoms with E-state index in [1.165, 1.54) is 17.0 Å². The summed E-state index contributed by atoms with van der Waals surface area (Å²) >= 11 is 1.81. The Labute approximate surface area is 196 Å². The number of methoxy groups -OCH3 is 1. The maximum atomic E-state index is 5.52. The topological polar surface area (TPSA) is 48.9 Å². The molecular weight excluding hydrogens is 495 g/mol. The molecule has 1 aliphatic heterocycles. The molecule has 2 heterocycles. The Morgan fingerprint density at radius 3 is 2.72 bits per heavy atom. The molecule has 160 valence electrons. The number of ether oxygens (including phenoxy) is 1. The van der Waals surface area contributed by atoms with Gasteiger partial charge in [-0.05, 0) is 35.9 Å². The quantitative estimate of drug-likeness (QED) is 0.319. The summed E-state index contributed by atoms with van der Waals surface area (Å²) in [5, 5.41) is 9.15. The minimum Gasteiger partial charge on any atom is -0.495 e. The number of thiophene rings is 1. The number of rotatable bonds is 7. The van der Waals surface area contributed by atoms with Crippen LogP contribution in [0.5, 0.6) is 5.75 Å². The van der Waals surface area contributed by atoms with Crippen molar-refractivity contribution in [3.8, 4) is 5.75 Å². The normalized spacial score (nSPS) is 17.0. The zero-order valence-corrected chi connectivity index (χ0v) is 20.9. The summed E-state index contributed by atoms with van der Waals surface area (Å²) in [6, 6.07) is 12.6. The zero-order chi connectivity index (χ0) is 20.0. The molecule has 1 saturated heterocycles. The predicted octanol–water partition coefficient (Wildman–Crippen LogP) is 4.34. The molecule has 0 spiro atoms. The zero-order valence-electron chi connectivity index (χ0n) is 17.8. The molecule has 3 rings (SSSR count). The summed E-state index contributed by atoms with van der Waals surface area (Å²) < 4.78 is 5.52. The molecule has 5 nitrogen and oxygen atoms in total. The molecule has 1 aromatic carbocycles. The third-order valence-electron chi connectivity index (χ3n) is 5.38. The van der Waals surface area contributed by atoms with Crippen LogP contribution in [0.2, 0.25) is 0 Å². The third kappa shape index (κ3) is 6.25. The Bertz CT molecular complexity index is 779. The molecular formula is C22H33IN4OS. The molecule has 1 aromatic heterocycles. The van der Waals surface area contributed by atoms with Gasteiger partial charge in [0, 0.05) is 43.5 Å². The SMILES string of the molecule is CN=C(NCC1CCN(c2ccccc2OC)C1)NCC(C)(C)c1cccs1.I. The monoisotopic (exact) mass is 528 g/mol. The lowest BCUT2D eigenvalue weighted by molar-refractivity contribution is 0.414. The maximum Gasteiger partial charge on any atom is 0.191 e. The fourth-order valence-corrected chi connectivity index (χ4v) is 4.48. The number of para-hydroxylation sites is 2. The lowest BCUT2D eigenvalue weighted by Crippen LogP contribution is -2.44. The van der Waals surface area contributed by atoms with Crippen LogP contribution in [0.4, 0.5) is 5.69 Å². The van der Waals surface area contributed by atoms with Crippen LogP contribution in [0.3, 0.4) is 0 Å². The van der Waals surface area contributed by atoms with E-state index >= 15 is 0 Å². The summed E-state index contributed by atoms with van der Waals surface area (Å²) in [5.74, 6) is 2.42. The van der Waals surface area contributed by atoms with Crippen LogP contribution < -0.4 is 20.3 Å². The van der Waals surface area contributed by atoms with E-state index < -0.39 is 0 Å². The maximum absolute atomic E-state index is 5.52. The minimum atomic E-state index is 0. The number of anilines is 1. The molecule has 2 aromatic rings. The molecule has 1 atom stereocenters. The first-order valence-corrected chi connectivity index (χ1v) is 10.8. The molecule has 29 heavy (non-hydrogen) atoms. The van der Waals surface area contributed by atoms with E-state index in [0.29, 0.717) is 5.92 Å². The van der Waals surface area contributed by atoms with E-state index in [1.54, 1.807) is 7.11 Å². The summed E-state index contributed by atoms with van der Waals surface area (Å²) in [4.78, 5) is 8.21. The van der Waals surface area contributed by atoms with Crippen LogP contribution in [-0.4, -0.2) is 46.3 Å². The lowest BCUT2D eigenvalue weighted by Gasteiger charge is -2.25. The van der Waals surface area contributed by atoms with Gasteiger partial charge in [0.15, 0.2) is 5.96 Å². The summed E-state index contributed by atoms with van der Waals surface area (Å²) in [6.45, 7) is 8.40. The van der Waals surface area contributed by atoms with Gasteiger partial charge in [-0.15, -0.1) is 35.3 Å². The van der Waals surface area contributed by atoms with Gasteiger partial charge in [0.1, 0.15) is 5.75 Å². The molecule has 1 unspecified atom stereocenters. The van der Waals surface area contributed by atoms with Crippen molar-refractivity contribution < 1.29 is 4.74 Å². The van der Waals surface area contributed by atoms with Gasteiger partial charge in [0.05, 0.1) is 12.8 Å². The number of benzene rings is 1. The van der Waals surface area contributed by atoms with Crippen molar-refractivity contribution in [2.24, 2.45) is 10.9 Å². The Kier molecular flexibility index (Phi) is 9.07. The number of aliphatic imine (C=N–C) groups is 1. The fourth-order valence-electron chi connectivity index (χ4n) is 3.63. The highest BCUT2D eigenvalue weighted by Gasteiger charge is 2.25. The first-order chi connectivity index (χ1) is 13.5. The van der Waals surface area contributed by atoms with Crippen molar-refractivity contribution in [3.63, 3.8) is 0 Å². The van der Waals surface area contributed by atoms with Crippen molar-refractivity contribution >= 4 is 47.0 Å². The molecule has 2 N–H and O–H groups in total. The molecule has 0 amide bonds. The molecule has 0 radical (unpaired) electrons. The number of guanidine groups is 1. The van der Waals surface area contributed by atoms with Crippen molar-refractivity contribution in [1.29, 1.82) is 0 Å². The van der Waals surface area contributed by atoms with Gasteiger partial charge in [-0.3, -0.25) is 4.99 Å². The van der Waals surface area contributed by atoms with Gasteiger partial charge in [-0.2, -0.15) is 0 Å². The Morgan fingerprint density at radius 1 is 1.24 bits per heavy atom. The molecule has 1 fully saturated rings. The first kappa shape index (κ1) is 23.8. The summed E-state index contributed by atoms with van der Waals surface area (Å²) in [6.07, 6.45) is 1.17. The second kappa shape index (κ2) is 11.1. The van der Waals surface area contributed by atoms with Crippen LogP contribution in [-0.2, 0) is 5.41 Å². The number of nitrogens with zero attached hydrogens (tertiary/aromatic N) is 2. The average Bonchev–Trinajstić information content (AvgIpc) is 3.40. The smallest absolute Gasteiger partial charge is 0.191 e. The molecule has 0 saturated carbocycles. The van der Waals surface area contributed by atoms with Crippen LogP contribution in [0.1, 0.15) is 25.1 Å². The van der Waals surface area contributed by atoms with Crippen LogP contribution in [0.25, 0.3) is 0 Å². The van der Waals surface area contributed by atoms with Crippen LogP contribution in [0, 0.1) is 5.92 Å². The van der Waals surface area contributed by atoms with Gasteiger partial charge < -0.3 is 20.3 Å². The highest BCUT2D eigenvalue weighted by molar-refractivity contribution is 14.0. The summed E-state index contributed by atoms with van der Waals surface area (Å²) in [7, 11) is 3.57. The average molecular weight is 529 g/mol. The van der Waals surface area contributed by atoms with E-state index in [0.717, 1.165) is 37.9 Å². The van der Waals surface area contributed by atoms with Gasteiger partial charge in [-0.1, -0.05) is 32.0 Å². The van der Waals surface area contributed by atoms with E-state index in [4.69, 9.17) is 4.74 Å². The van der Waals surface area contributed by atoms with Crippen LogP contribution >= 0.6 is 35.3 Å². The van der Waals surface area contributed by atoms with Crippen LogP contribution in [0.15, 0.2) is 46.8 Å². The Hall–Kier alpha value is -1.48. The van der Waals surface area contributed by atoms with Gasteiger partial charge in [0.25, 0.3) is 0 Å². The molecule has 0 aliphatic carbocycles. The Balaban J connectivity index is 0.00000300. The van der Waals surface area contributed by atoms with Gasteiger partial charge >= 0.3 is 0 Å². The van der Waals surface area contributed by atoms with Crippen molar-refractivity contribution in [2.45, 2.75) is 25.7 Å². The predicted molar refractivity (Wildman–Crippen MR) is 135 cm³/mol. The van der Waals surface area contributed by atoms with Crippen molar-refractivity contribution in [3.05, 3.63) is 46.7 Å². The second-order valence-electron chi connectivity index (χ2n) is 7.94. The van der Waals surface area contributed by atoms with Gasteiger partial charge in [-0.25, -0.2) is 0 Å². The van der Waals surface area contributed by atoms with Crippen molar-refractivity contribution in [2.75, 3.05) is 45.2 Å². The highest BCUT2D eigenvalue weighted by atomic mass is 127. The molecule has 1 aliphatic rings. The number of halogens is 1. The Morgan fingerprint density at radius 2 is 2.03 bits per heavy atom. The second-order valence-corrected chi connectivity index (χ2v) is 8.89. The fraction of sp³-hybridized carbons (Fsp3) is 0.500.